The minimum atomic E-state index is -3.70. The fourth-order valence-corrected chi connectivity index (χ4v) is 5.50. The number of aromatic nitrogens is 1. The number of carbonyl (C=O) groups excluding carboxylic acids is 1. The van der Waals surface area contributed by atoms with Crippen LogP contribution in [0.3, 0.4) is 0 Å². The fraction of sp³-hybridized carbons (Fsp3) is 0.200. The topological polar surface area (TPSA) is 80.5 Å². The number of anilines is 1. The minimum Gasteiger partial charge on any atom is -0.319 e. The van der Waals surface area contributed by atoms with Gasteiger partial charge in [0.2, 0.25) is 0 Å². The highest BCUT2D eigenvalue weighted by Crippen LogP contribution is 2.23. The molecule has 0 fully saturated rings. The summed E-state index contributed by atoms with van der Waals surface area (Å²) in [6, 6.07) is 19.2. The monoisotopic (exact) mass is 479 g/mol. The van der Waals surface area contributed by atoms with Gasteiger partial charge in [-0.05, 0) is 66.9 Å². The van der Waals surface area contributed by atoms with E-state index in [0.29, 0.717) is 22.0 Å². The molecule has 0 aliphatic heterocycles. The lowest BCUT2D eigenvalue weighted by Crippen LogP contribution is -2.14. The second kappa shape index (κ2) is 8.96. The van der Waals surface area contributed by atoms with E-state index < -0.39 is 10.0 Å². The lowest BCUT2D eigenvalue weighted by molar-refractivity contribution is 0.0998. The lowest BCUT2D eigenvalue weighted by Gasteiger charge is -2.08. The first-order valence-corrected chi connectivity index (χ1v) is 12.8. The fourth-order valence-electron chi connectivity index (χ4n) is 3.38. The van der Waals surface area contributed by atoms with E-state index in [-0.39, 0.29) is 10.8 Å². The van der Waals surface area contributed by atoms with Crippen LogP contribution >= 0.6 is 11.3 Å². The molecular formula is C25H25N3O3S2. The summed E-state index contributed by atoms with van der Waals surface area (Å²) in [5.74, 6) is 0.0416. The second-order valence-electron chi connectivity index (χ2n) is 8.24. The quantitative estimate of drug-likeness (QED) is 0.426. The van der Waals surface area contributed by atoms with Crippen molar-refractivity contribution < 1.29 is 13.2 Å². The van der Waals surface area contributed by atoms with Crippen LogP contribution in [0.25, 0.3) is 10.2 Å². The molecule has 0 aliphatic rings. The van der Waals surface area contributed by atoms with Crippen LogP contribution in [0.5, 0.6) is 0 Å². The maximum atomic E-state index is 12.8. The van der Waals surface area contributed by atoms with E-state index in [9.17, 15) is 13.2 Å². The van der Waals surface area contributed by atoms with Crippen molar-refractivity contribution >= 4 is 43.2 Å². The summed E-state index contributed by atoms with van der Waals surface area (Å²) in [4.78, 5) is 17.9. The molecule has 0 bridgehead atoms. The largest absolute Gasteiger partial charge is 0.319 e. The van der Waals surface area contributed by atoms with Gasteiger partial charge in [0.05, 0.1) is 15.1 Å². The lowest BCUT2D eigenvalue weighted by atomic mass is 10.0. The van der Waals surface area contributed by atoms with Crippen LogP contribution in [0.1, 0.15) is 41.3 Å². The molecule has 4 rings (SSSR count). The molecule has 4 aromatic rings. The zero-order valence-corrected chi connectivity index (χ0v) is 20.5. The van der Waals surface area contributed by atoms with Crippen LogP contribution in [0.15, 0.2) is 76.6 Å². The molecule has 0 saturated heterocycles. The molecule has 6 nitrogen and oxygen atoms in total. The van der Waals surface area contributed by atoms with E-state index in [1.54, 1.807) is 48.5 Å². The number of fused-ring (bicyclic) bond motifs is 1. The Balaban J connectivity index is 1.57. The van der Waals surface area contributed by atoms with Crippen LogP contribution in [0, 0.1) is 6.92 Å². The molecule has 8 heteroatoms. The Morgan fingerprint density at radius 1 is 1.00 bits per heavy atom. The number of nitrogens with zero attached hydrogens (tertiary/aromatic N) is 2. The molecule has 1 heterocycles. The molecule has 170 valence electrons. The molecule has 0 saturated carbocycles. The first-order valence-electron chi connectivity index (χ1n) is 10.5. The number of nitrogens with one attached hydrogen (secondary N) is 1. The minimum absolute atomic E-state index is 0.182. The van der Waals surface area contributed by atoms with Gasteiger partial charge in [0, 0.05) is 18.3 Å². The van der Waals surface area contributed by atoms with Crippen LogP contribution in [-0.4, -0.2) is 18.9 Å². The molecule has 3 aromatic carbocycles. The SMILES string of the molecule is Cc1ccc(S(=O)(=O)Nc2ccc(C(=O)N=c3sc4cc(C(C)C)ccc4n3C)cc2)cc1. The molecular weight excluding hydrogens is 454 g/mol. The van der Waals surface area contributed by atoms with Crippen molar-refractivity contribution in [1.82, 2.24) is 4.57 Å². The van der Waals surface area contributed by atoms with Gasteiger partial charge in [0.25, 0.3) is 15.9 Å². The normalized spacial score (nSPS) is 12.5. The van der Waals surface area contributed by atoms with Crippen molar-refractivity contribution in [1.29, 1.82) is 0 Å². The predicted octanol–water partition coefficient (Wildman–Crippen LogP) is 5.21. The molecule has 0 aliphatic carbocycles. The van der Waals surface area contributed by atoms with Crippen molar-refractivity contribution in [2.24, 2.45) is 12.0 Å². The van der Waals surface area contributed by atoms with Crippen LogP contribution in [0.2, 0.25) is 0 Å². The summed E-state index contributed by atoms with van der Waals surface area (Å²) in [7, 11) is -1.81. The smallest absolute Gasteiger partial charge is 0.279 e. The summed E-state index contributed by atoms with van der Waals surface area (Å²) >= 11 is 1.47. The zero-order valence-electron chi connectivity index (χ0n) is 18.9. The Morgan fingerprint density at radius 3 is 2.30 bits per heavy atom. The summed E-state index contributed by atoms with van der Waals surface area (Å²) in [5, 5.41) is 0. The van der Waals surface area contributed by atoms with E-state index in [2.05, 4.69) is 41.8 Å². The number of amides is 1. The third-order valence-electron chi connectivity index (χ3n) is 5.41. The van der Waals surface area contributed by atoms with Gasteiger partial charge in [-0.15, -0.1) is 0 Å². The van der Waals surface area contributed by atoms with Crippen molar-refractivity contribution in [3.8, 4) is 0 Å². The first kappa shape index (κ1) is 22.9. The van der Waals surface area contributed by atoms with Crippen molar-refractivity contribution in [3.05, 3.63) is 88.2 Å². The summed E-state index contributed by atoms with van der Waals surface area (Å²) in [6.45, 7) is 6.19. The van der Waals surface area contributed by atoms with E-state index in [4.69, 9.17) is 0 Å². The molecule has 33 heavy (non-hydrogen) atoms. The first-order chi connectivity index (χ1) is 15.6. The predicted molar refractivity (Wildman–Crippen MR) is 133 cm³/mol. The molecule has 1 amide bonds. The number of hydrogen-bond acceptors (Lipinski definition) is 4. The van der Waals surface area contributed by atoms with Crippen molar-refractivity contribution in [3.63, 3.8) is 0 Å². The van der Waals surface area contributed by atoms with Gasteiger partial charge in [-0.1, -0.05) is 48.9 Å². The Kier molecular flexibility index (Phi) is 6.23. The van der Waals surface area contributed by atoms with Crippen LogP contribution < -0.4 is 9.52 Å². The number of hydrogen-bond donors (Lipinski definition) is 1. The summed E-state index contributed by atoms with van der Waals surface area (Å²) in [5.41, 5.74) is 4.00. The van der Waals surface area contributed by atoms with Gasteiger partial charge >= 0.3 is 0 Å². The van der Waals surface area contributed by atoms with E-state index in [1.807, 2.05) is 18.5 Å². The molecule has 0 spiro atoms. The van der Waals surface area contributed by atoms with Crippen molar-refractivity contribution in [2.45, 2.75) is 31.6 Å². The zero-order chi connectivity index (χ0) is 23.8. The van der Waals surface area contributed by atoms with Gasteiger partial charge in [-0.3, -0.25) is 9.52 Å². The maximum absolute atomic E-state index is 12.8. The molecule has 0 radical (unpaired) electrons. The van der Waals surface area contributed by atoms with Gasteiger partial charge in [0.1, 0.15) is 0 Å². The third-order valence-corrected chi connectivity index (χ3v) is 7.90. The van der Waals surface area contributed by atoms with Gasteiger partial charge in [0.15, 0.2) is 4.80 Å². The number of sulfonamides is 1. The standard InChI is InChI=1S/C25H25N3O3S2/c1-16(2)19-9-14-22-23(15-19)32-25(28(22)4)26-24(29)18-7-10-20(11-8-18)27-33(30,31)21-12-5-17(3)6-13-21/h5-16,27H,1-4H3. The summed E-state index contributed by atoms with van der Waals surface area (Å²) < 4.78 is 30.7. The van der Waals surface area contributed by atoms with Gasteiger partial charge in [-0.2, -0.15) is 4.99 Å². The molecule has 1 N–H and O–H groups in total. The number of aryl methyl sites for hydroxylation is 2. The van der Waals surface area contributed by atoms with Gasteiger partial charge < -0.3 is 4.57 Å². The van der Waals surface area contributed by atoms with Gasteiger partial charge in [-0.25, -0.2) is 8.42 Å². The maximum Gasteiger partial charge on any atom is 0.279 e. The average Bonchev–Trinajstić information content (AvgIpc) is 3.08. The third kappa shape index (κ3) is 4.91. The molecule has 1 aromatic heterocycles. The van der Waals surface area contributed by atoms with E-state index in [1.165, 1.54) is 16.9 Å². The number of carbonyl (C=O) groups is 1. The number of rotatable bonds is 5. The number of benzene rings is 3. The molecule has 0 atom stereocenters. The molecule has 0 unspecified atom stereocenters. The van der Waals surface area contributed by atoms with E-state index >= 15 is 0 Å². The van der Waals surface area contributed by atoms with E-state index in [0.717, 1.165) is 15.8 Å². The Morgan fingerprint density at radius 2 is 1.67 bits per heavy atom. The Bertz CT molecular complexity index is 1500. The Labute approximate surface area is 197 Å². The second-order valence-corrected chi connectivity index (χ2v) is 10.9. The Hall–Kier alpha value is -3.23. The highest BCUT2D eigenvalue weighted by Gasteiger charge is 2.14. The van der Waals surface area contributed by atoms with Crippen LogP contribution in [0.4, 0.5) is 5.69 Å². The highest BCUT2D eigenvalue weighted by atomic mass is 32.2. The van der Waals surface area contributed by atoms with Crippen molar-refractivity contribution in [2.75, 3.05) is 4.72 Å². The number of thiazole rings is 1. The summed E-state index contributed by atoms with van der Waals surface area (Å²) in [6.07, 6.45) is 0. The van der Waals surface area contributed by atoms with Crippen LogP contribution in [-0.2, 0) is 17.1 Å². The highest BCUT2D eigenvalue weighted by molar-refractivity contribution is 7.92. The average molecular weight is 480 g/mol.